The predicted molar refractivity (Wildman–Crippen MR) is 77.9 cm³/mol. The van der Waals surface area contributed by atoms with Gasteiger partial charge in [-0.3, -0.25) is 0 Å². The third kappa shape index (κ3) is 3.83. The summed E-state index contributed by atoms with van der Waals surface area (Å²) in [5.41, 5.74) is 1.94. The minimum atomic E-state index is -0.395. The van der Waals surface area contributed by atoms with Crippen LogP contribution < -0.4 is 4.74 Å². The summed E-state index contributed by atoms with van der Waals surface area (Å²) in [6.07, 6.45) is 0. The van der Waals surface area contributed by atoms with Gasteiger partial charge in [-0.25, -0.2) is 4.79 Å². The Morgan fingerprint density at radius 2 is 1.86 bits per heavy atom. The summed E-state index contributed by atoms with van der Waals surface area (Å²) in [5.74, 6) is 0.0910. The third-order valence-electron chi connectivity index (χ3n) is 2.86. The first kappa shape index (κ1) is 14.6. The van der Waals surface area contributed by atoms with Gasteiger partial charge in [0.25, 0.3) is 0 Å². The van der Waals surface area contributed by atoms with Crippen LogP contribution in [0.25, 0.3) is 0 Å². The van der Waals surface area contributed by atoms with Crippen molar-refractivity contribution in [3.05, 3.63) is 65.2 Å². The van der Waals surface area contributed by atoms with Gasteiger partial charge in [-0.05, 0) is 36.8 Å². The van der Waals surface area contributed by atoms with Gasteiger partial charge in [0.05, 0.1) is 18.2 Å². The van der Waals surface area contributed by atoms with Crippen LogP contribution in [0.3, 0.4) is 0 Å². The largest absolute Gasteiger partial charge is 0.488 e. The van der Waals surface area contributed by atoms with E-state index in [2.05, 4.69) is 6.07 Å². The average molecular weight is 281 g/mol. The Labute approximate surface area is 123 Å². The number of para-hydroxylation sites is 1. The van der Waals surface area contributed by atoms with Crippen LogP contribution in [0.4, 0.5) is 0 Å². The second-order valence-corrected chi connectivity index (χ2v) is 4.31. The van der Waals surface area contributed by atoms with Gasteiger partial charge in [0, 0.05) is 0 Å². The highest BCUT2D eigenvalue weighted by atomic mass is 16.5. The fraction of sp³-hybridized carbons (Fsp3) is 0.176. The van der Waals surface area contributed by atoms with Crippen LogP contribution >= 0.6 is 0 Å². The molecule has 0 radical (unpaired) electrons. The van der Waals surface area contributed by atoms with Crippen molar-refractivity contribution in [1.29, 1.82) is 5.26 Å². The molecule has 0 aliphatic carbocycles. The zero-order valence-corrected chi connectivity index (χ0v) is 11.7. The van der Waals surface area contributed by atoms with Gasteiger partial charge >= 0.3 is 5.97 Å². The van der Waals surface area contributed by atoms with Gasteiger partial charge in [0.15, 0.2) is 0 Å². The Kier molecular flexibility index (Phi) is 4.94. The van der Waals surface area contributed by atoms with Gasteiger partial charge in [-0.1, -0.05) is 24.3 Å². The monoisotopic (exact) mass is 281 g/mol. The molecule has 0 amide bonds. The van der Waals surface area contributed by atoms with E-state index < -0.39 is 5.97 Å². The normalized spacial score (nSPS) is 9.71. The average Bonchev–Trinajstić information content (AvgIpc) is 2.54. The number of nitrogens with zero attached hydrogens (tertiary/aromatic N) is 1. The Morgan fingerprint density at radius 3 is 2.52 bits per heavy atom. The molecule has 0 aliphatic rings. The van der Waals surface area contributed by atoms with Crippen molar-refractivity contribution < 1.29 is 14.3 Å². The number of carbonyl (C=O) groups excluding carboxylic acids is 1. The van der Waals surface area contributed by atoms with Gasteiger partial charge in [0.2, 0.25) is 0 Å². The molecule has 0 aliphatic heterocycles. The third-order valence-corrected chi connectivity index (χ3v) is 2.86. The Bertz CT molecular complexity index is 656. The summed E-state index contributed by atoms with van der Waals surface area (Å²) in [5, 5.41) is 8.75. The number of benzene rings is 2. The lowest BCUT2D eigenvalue weighted by Gasteiger charge is -2.10. The van der Waals surface area contributed by atoms with Crippen LogP contribution in [0, 0.1) is 11.3 Å². The van der Waals surface area contributed by atoms with Crippen LogP contribution in [0.2, 0.25) is 0 Å². The van der Waals surface area contributed by atoms with Crippen LogP contribution in [0.1, 0.15) is 28.4 Å². The molecule has 2 aromatic carbocycles. The number of hydrogen-bond acceptors (Lipinski definition) is 4. The van der Waals surface area contributed by atoms with E-state index in [-0.39, 0.29) is 0 Å². The maximum Gasteiger partial charge on any atom is 0.341 e. The lowest BCUT2D eigenvalue weighted by Crippen LogP contribution is -2.07. The molecular weight excluding hydrogens is 266 g/mol. The van der Waals surface area contributed by atoms with Crippen molar-refractivity contribution in [2.24, 2.45) is 0 Å². The number of esters is 1. The molecule has 2 aromatic rings. The van der Waals surface area contributed by atoms with Crippen LogP contribution in [-0.4, -0.2) is 12.6 Å². The second kappa shape index (κ2) is 7.11. The molecule has 0 bridgehead atoms. The number of nitriles is 1. The number of carbonyl (C=O) groups is 1. The van der Waals surface area contributed by atoms with Crippen LogP contribution in [0.5, 0.6) is 5.75 Å². The minimum absolute atomic E-state index is 0.322. The van der Waals surface area contributed by atoms with Gasteiger partial charge < -0.3 is 9.47 Å². The number of hydrogen-bond donors (Lipinski definition) is 0. The summed E-state index contributed by atoms with van der Waals surface area (Å²) in [6, 6.07) is 16.1. The number of rotatable bonds is 5. The Hall–Kier alpha value is -2.80. The van der Waals surface area contributed by atoms with Gasteiger partial charge in [-0.2, -0.15) is 5.26 Å². The van der Waals surface area contributed by atoms with E-state index in [1.807, 2.05) is 12.1 Å². The molecule has 0 unspecified atom stereocenters. The summed E-state index contributed by atoms with van der Waals surface area (Å²) in [6.45, 7) is 2.41. The van der Waals surface area contributed by atoms with E-state index in [1.54, 1.807) is 43.3 Å². The molecule has 4 heteroatoms. The molecule has 0 saturated carbocycles. The molecule has 0 spiro atoms. The van der Waals surface area contributed by atoms with Gasteiger partial charge in [-0.15, -0.1) is 0 Å². The first-order valence-electron chi connectivity index (χ1n) is 6.62. The first-order valence-corrected chi connectivity index (χ1v) is 6.62. The van der Waals surface area contributed by atoms with E-state index in [0.717, 1.165) is 5.56 Å². The van der Waals surface area contributed by atoms with Crippen molar-refractivity contribution in [1.82, 2.24) is 0 Å². The van der Waals surface area contributed by atoms with Crippen molar-refractivity contribution in [3.63, 3.8) is 0 Å². The fourth-order valence-corrected chi connectivity index (χ4v) is 1.81. The zero-order chi connectivity index (χ0) is 15.1. The van der Waals surface area contributed by atoms with E-state index in [4.69, 9.17) is 14.7 Å². The minimum Gasteiger partial charge on any atom is -0.488 e. The summed E-state index contributed by atoms with van der Waals surface area (Å²) >= 11 is 0. The quantitative estimate of drug-likeness (QED) is 0.789. The summed E-state index contributed by atoms with van der Waals surface area (Å²) < 4.78 is 10.7. The molecule has 0 aromatic heterocycles. The molecule has 2 rings (SSSR count). The maximum absolute atomic E-state index is 11.8. The first-order chi connectivity index (χ1) is 10.2. The Morgan fingerprint density at radius 1 is 1.14 bits per heavy atom. The zero-order valence-electron chi connectivity index (χ0n) is 11.7. The molecular formula is C17H15NO3. The van der Waals surface area contributed by atoms with E-state index in [0.29, 0.717) is 30.1 Å². The van der Waals surface area contributed by atoms with Crippen molar-refractivity contribution in [3.8, 4) is 11.8 Å². The molecule has 0 heterocycles. The highest BCUT2D eigenvalue weighted by Crippen LogP contribution is 2.20. The lowest BCUT2D eigenvalue weighted by atomic mass is 10.1. The number of ether oxygens (including phenoxy) is 2. The molecule has 0 saturated heterocycles. The molecule has 0 atom stereocenters. The summed E-state index contributed by atoms with van der Waals surface area (Å²) in [7, 11) is 0. The maximum atomic E-state index is 11.8. The smallest absolute Gasteiger partial charge is 0.341 e. The van der Waals surface area contributed by atoms with Crippen LogP contribution in [-0.2, 0) is 11.3 Å². The summed E-state index contributed by atoms with van der Waals surface area (Å²) in [4.78, 5) is 11.8. The second-order valence-electron chi connectivity index (χ2n) is 4.31. The SMILES string of the molecule is CCOC(=O)c1ccccc1OCc1ccc(C#N)cc1. The fourth-order valence-electron chi connectivity index (χ4n) is 1.81. The molecule has 0 N–H and O–H groups in total. The predicted octanol–water partition coefficient (Wildman–Crippen LogP) is 3.31. The topological polar surface area (TPSA) is 59.3 Å². The molecule has 21 heavy (non-hydrogen) atoms. The molecule has 4 nitrogen and oxygen atoms in total. The Balaban J connectivity index is 2.09. The van der Waals surface area contributed by atoms with E-state index >= 15 is 0 Å². The van der Waals surface area contributed by atoms with Gasteiger partial charge in [0.1, 0.15) is 17.9 Å². The van der Waals surface area contributed by atoms with Crippen molar-refractivity contribution in [2.45, 2.75) is 13.5 Å². The standard InChI is InChI=1S/C17H15NO3/c1-2-20-17(19)15-5-3-4-6-16(15)21-12-14-9-7-13(11-18)8-10-14/h3-10H,2,12H2,1H3. The van der Waals surface area contributed by atoms with Crippen molar-refractivity contribution >= 4 is 5.97 Å². The van der Waals surface area contributed by atoms with E-state index in [1.165, 1.54) is 0 Å². The van der Waals surface area contributed by atoms with Crippen LogP contribution in [0.15, 0.2) is 48.5 Å². The van der Waals surface area contributed by atoms with E-state index in [9.17, 15) is 4.79 Å². The highest BCUT2D eigenvalue weighted by Gasteiger charge is 2.12. The highest BCUT2D eigenvalue weighted by molar-refractivity contribution is 5.92. The lowest BCUT2D eigenvalue weighted by molar-refractivity contribution is 0.0521. The molecule has 106 valence electrons. The molecule has 0 fully saturated rings. The van der Waals surface area contributed by atoms with Crippen molar-refractivity contribution in [2.75, 3.05) is 6.61 Å².